The van der Waals surface area contributed by atoms with Crippen molar-refractivity contribution in [3.63, 3.8) is 0 Å². The second-order valence-corrected chi connectivity index (χ2v) is 6.74. The third-order valence-electron chi connectivity index (χ3n) is 5.17. The van der Waals surface area contributed by atoms with Crippen molar-refractivity contribution in [3.8, 4) is 0 Å². The average Bonchev–Trinajstić information content (AvgIpc) is 2.55. The largest absolute Gasteiger partial charge is 0.382 e. The zero-order chi connectivity index (χ0) is 16.7. The fourth-order valence-corrected chi connectivity index (χ4v) is 3.19. The molecule has 1 aliphatic carbocycles. The number of hydrogen-bond donors (Lipinski definition) is 2. The highest BCUT2D eigenvalue weighted by molar-refractivity contribution is 5.79. The van der Waals surface area contributed by atoms with E-state index < -0.39 is 0 Å². The summed E-state index contributed by atoms with van der Waals surface area (Å²) in [6, 6.07) is 9.55. The fraction of sp³-hybridized carbons (Fsp3) is 0.632. The molecule has 1 amide bonds. The van der Waals surface area contributed by atoms with Crippen molar-refractivity contribution in [3.05, 3.63) is 35.9 Å². The van der Waals surface area contributed by atoms with Crippen LogP contribution in [0.1, 0.15) is 51.1 Å². The van der Waals surface area contributed by atoms with E-state index in [2.05, 4.69) is 5.32 Å². The van der Waals surface area contributed by atoms with Crippen LogP contribution in [0.5, 0.6) is 0 Å². The molecular formula is C19H30N2O2. The molecule has 0 heterocycles. The summed E-state index contributed by atoms with van der Waals surface area (Å²) < 4.78 is 5.48. The molecule has 23 heavy (non-hydrogen) atoms. The maximum absolute atomic E-state index is 12.5. The van der Waals surface area contributed by atoms with Crippen molar-refractivity contribution in [1.82, 2.24) is 5.32 Å². The van der Waals surface area contributed by atoms with Crippen LogP contribution < -0.4 is 11.1 Å². The highest BCUT2D eigenvalue weighted by atomic mass is 16.5. The quantitative estimate of drug-likeness (QED) is 0.688. The predicted molar refractivity (Wildman–Crippen MR) is 92.9 cm³/mol. The van der Waals surface area contributed by atoms with E-state index in [9.17, 15) is 4.79 Å². The van der Waals surface area contributed by atoms with E-state index in [4.69, 9.17) is 10.5 Å². The maximum Gasteiger partial charge on any atom is 0.224 e. The van der Waals surface area contributed by atoms with E-state index in [1.807, 2.05) is 44.2 Å². The molecule has 0 bridgehead atoms. The van der Waals surface area contributed by atoms with Gasteiger partial charge in [0.15, 0.2) is 0 Å². The van der Waals surface area contributed by atoms with Gasteiger partial charge in [0.25, 0.3) is 0 Å². The first-order valence-electron chi connectivity index (χ1n) is 8.74. The lowest BCUT2D eigenvalue weighted by Gasteiger charge is -2.42. The summed E-state index contributed by atoms with van der Waals surface area (Å²) in [5.74, 6) is -0.189. The topological polar surface area (TPSA) is 64.3 Å². The molecule has 4 heteroatoms. The summed E-state index contributed by atoms with van der Waals surface area (Å²) >= 11 is 0. The van der Waals surface area contributed by atoms with Gasteiger partial charge in [-0.15, -0.1) is 0 Å². The lowest BCUT2D eigenvalue weighted by Crippen LogP contribution is -2.45. The number of nitrogens with two attached hydrogens (primary N) is 1. The van der Waals surface area contributed by atoms with Crippen LogP contribution in [0.15, 0.2) is 30.3 Å². The highest BCUT2D eigenvalue weighted by Crippen LogP contribution is 2.43. The van der Waals surface area contributed by atoms with E-state index in [-0.39, 0.29) is 23.3 Å². The number of rotatable bonds is 9. The number of nitrogens with one attached hydrogen (secondary N) is 1. The predicted octanol–water partition coefficient (Wildman–Crippen LogP) is 3.04. The number of hydrogen-bond acceptors (Lipinski definition) is 3. The zero-order valence-electron chi connectivity index (χ0n) is 14.4. The Morgan fingerprint density at radius 2 is 2.04 bits per heavy atom. The summed E-state index contributed by atoms with van der Waals surface area (Å²) in [4.78, 5) is 12.5. The van der Waals surface area contributed by atoms with Crippen molar-refractivity contribution in [1.29, 1.82) is 0 Å². The van der Waals surface area contributed by atoms with Gasteiger partial charge in [0.1, 0.15) is 0 Å². The van der Waals surface area contributed by atoms with E-state index >= 15 is 0 Å². The number of benzene rings is 1. The second kappa shape index (κ2) is 8.46. The Hall–Kier alpha value is -1.39. The van der Waals surface area contributed by atoms with Crippen molar-refractivity contribution in [2.24, 2.45) is 17.1 Å². The summed E-state index contributed by atoms with van der Waals surface area (Å²) in [6.07, 6.45) is 4.64. The molecule has 1 aromatic carbocycles. The summed E-state index contributed by atoms with van der Waals surface area (Å²) in [5, 5.41) is 3.13. The molecule has 1 aliphatic rings. The molecule has 0 aromatic heterocycles. The molecule has 3 N–H and O–H groups in total. The number of amides is 1. The Bertz CT molecular complexity index is 485. The summed E-state index contributed by atoms with van der Waals surface area (Å²) in [7, 11) is 0. The monoisotopic (exact) mass is 318 g/mol. The second-order valence-electron chi connectivity index (χ2n) is 6.74. The van der Waals surface area contributed by atoms with Gasteiger partial charge in [-0.1, -0.05) is 43.7 Å². The number of carbonyl (C=O) groups is 1. The standard InChI is InChI=1S/C19H30N2O2/c1-3-23-13-12-19(10-7-11-19)14-21-18(22)15(2)17(20)16-8-5-4-6-9-16/h4-6,8-9,15,17H,3,7,10-14,20H2,1-2H3,(H,21,22). The first kappa shape index (κ1) is 18.0. The molecule has 4 nitrogen and oxygen atoms in total. The maximum atomic E-state index is 12.5. The molecule has 0 spiro atoms. The van der Waals surface area contributed by atoms with Gasteiger partial charge in [-0.05, 0) is 37.2 Å². The molecule has 1 saturated carbocycles. The van der Waals surface area contributed by atoms with Crippen LogP contribution in [0.4, 0.5) is 0 Å². The van der Waals surface area contributed by atoms with Gasteiger partial charge in [0.2, 0.25) is 5.91 Å². The Morgan fingerprint density at radius 3 is 2.61 bits per heavy atom. The minimum Gasteiger partial charge on any atom is -0.382 e. The van der Waals surface area contributed by atoms with Gasteiger partial charge in [-0.25, -0.2) is 0 Å². The zero-order valence-corrected chi connectivity index (χ0v) is 14.4. The van der Waals surface area contributed by atoms with Crippen molar-refractivity contribution >= 4 is 5.91 Å². The van der Waals surface area contributed by atoms with Crippen molar-refractivity contribution in [2.45, 2.75) is 45.6 Å². The fourth-order valence-electron chi connectivity index (χ4n) is 3.19. The van der Waals surface area contributed by atoms with Crippen LogP contribution in [0.25, 0.3) is 0 Å². The van der Waals surface area contributed by atoms with Crippen molar-refractivity contribution < 1.29 is 9.53 Å². The first-order chi connectivity index (χ1) is 11.1. The third kappa shape index (κ3) is 4.79. The van der Waals surface area contributed by atoms with Gasteiger partial charge in [0, 0.05) is 25.8 Å². The average molecular weight is 318 g/mol. The smallest absolute Gasteiger partial charge is 0.224 e. The van der Waals surface area contributed by atoms with Crippen LogP contribution in [-0.2, 0) is 9.53 Å². The minimum atomic E-state index is -0.267. The summed E-state index contributed by atoms with van der Waals surface area (Å²) in [6.45, 7) is 6.20. The Morgan fingerprint density at radius 1 is 1.35 bits per heavy atom. The third-order valence-corrected chi connectivity index (χ3v) is 5.17. The summed E-state index contributed by atoms with van der Waals surface area (Å²) in [5.41, 5.74) is 7.48. The first-order valence-corrected chi connectivity index (χ1v) is 8.74. The van der Waals surface area contributed by atoms with Crippen LogP contribution >= 0.6 is 0 Å². The Balaban J connectivity index is 1.83. The van der Waals surface area contributed by atoms with Crippen molar-refractivity contribution in [2.75, 3.05) is 19.8 Å². The van der Waals surface area contributed by atoms with E-state index in [1.165, 1.54) is 19.3 Å². The van der Waals surface area contributed by atoms with Gasteiger partial charge in [0.05, 0.1) is 5.92 Å². The van der Waals surface area contributed by atoms with Crippen LogP contribution in [0, 0.1) is 11.3 Å². The molecule has 0 radical (unpaired) electrons. The molecular weight excluding hydrogens is 288 g/mol. The molecule has 1 aromatic rings. The number of carbonyl (C=O) groups excluding carboxylic acids is 1. The van der Waals surface area contributed by atoms with Gasteiger partial charge >= 0.3 is 0 Å². The normalized spacial score (nSPS) is 18.7. The number of ether oxygens (including phenoxy) is 1. The van der Waals surface area contributed by atoms with Crippen LogP contribution in [-0.4, -0.2) is 25.7 Å². The van der Waals surface area contributed by atoms with Gasteiger partial charge in [-0.3, -0.25) is 4.79 Å². The lowest BCUT2D eigenvalue weighted by atomic mass is 9.66. The Kier molecular flexibility index (Phi) is 6.60. The molecule has 0 aliphatic heterocycles. The van der Waals surface area contributed by atoms with E-state index in [1.54, 1.807) is 0 Å². The highest BCUT2D eigenvalue weighted by Gasteiger charge is 2.37. The lowest BCUT2D eigenvalue weighted by molar-refractivity contribution is -0.126. The SMILES string of the molecule is CCOCCC1(CNC(=O)C(C)C(N)c2ccccc2)CCC1. The van der Waals surface area contributed by atoms with E-state index in [0.717, 1.165) is 31.7 Å². The van der Waals surface area contributed by atoms with Gasteiger partial charge in [-0.2, -0.15) is 0 Å². The minimum absolute atomic E-state index is 0.0454. The van der Waals surface area contributed by atoms with Crippen LogP contribution in [0.2, 0.25) is 0 Å². The molecule has 2 unspecified atom stereocenters. The Labute approximate surface area is 139 Å². The van der Waals surface area contributed by atoms with Gasteiger partial charge < -0.3 is 15.8 Å². The molecule has 1 fully saturated rings. The molecule has 2 rings (SSSR count). The molecule has 2 atom stereocenters. The van der Waals surface area contributed by atoms with E-state index in [0.29, 0.717) is 0 Å². The molecule has 0 saturated heterocycles. The van der Waals surface area contributed by atoms with Crippen LogP contribution in [0.3, 0.4) is 0 Å². The molecule has 128 valence electrons.